The average Bonchev–Trinajstić information content (AvgIpc) is 3.21. The van der Waals surface area contributed by atoms with Crippen LogP contribution in [0.4, 0.5) is 5.69 Å². The first-order chi connectivity index (χ1) is 11.2. The first-order valence-corrected chi connectivity index (χ1v) is 8.14. The third-order valence-corrected chi connectivity index (χ3v) is 5.25. The van der Waals surface area contributed by atoms with E-state index in [9.17, 15) is 4.79 Å². The van der Waals surface area contributed by atoms with E-state index in [2.05, 4.69) is 22.1 Å². The summed E-state index contributed by atoms with van der Waals surface area (Å²) in [5.41, 5.74) is 10.1. The molecule has 0 radical (unpaired) electrons. The summed E-state index contributed by atoms with van der Waals surface area (Å²) in [6.07, 6.45) is 9.93. The maximum atomic E-state index is 12.3. The van der Waals surface area contributed by atoms with Crippen molar-refractivity contribution in [2.45, 2.75) is 31.1 Å². The maximum Gasteiger partial charge on any atom is 0.240 e. The van der Waals surface area contributed by atoms with E-state index in [1.54, 1.807) is 0 Å². The lowest BCUT2D eigenvalue weighted by Crippen LogP contribution is -2.38. The Morgan fingerprint density at radius 1 is 1.17 bits per heavy atom. The van der Waals surface area contributed by atoms with Gasteiger partial charge in [-0.2, -0.15) is 0 Å². The second-order valence-corrected chi connectivity index (χ2v) is 6.53. The van der Waals surface area contributed by atoms with Gasteiger partial charge in [-0.15, -0.1) is 0 Å². The van der Waals surface area contributed by atoms with Gasteiger partial charge < -0.3 is 10.6 Å². The molecular formula is C18H20N4O. The normalized spacial score (nSPS) is 18.4. The van der Waals surface area contributed by atoms with Crippen LogP contribution in [0.1, 0.15) is 31.2 Å². The number of nitrogens with two attached hydrogens (primary N) is 1. The van der Waals surface area contributed by atoms with E-state index >= 15 is 0 Å². The van der Waals surface area contributed by atoms with Gasteiger partial charge in [0.05, 0.1) is 6.54 Å². The van der Waals surface area contributed by atoms with Gasteiger partial charge in [-0.1, -0.05) is 18.9 Å². The molecule has 0 unspecified atom stereocenters. The summed E-state index contributed by atoms with van der Waals surface area (Å²) < 4.78 is 0. The van der Waals surface area contributed by atoms with E-state index in [0.29, 0.717) is 0 Å². The summed E-state index contributed by atoms with van der Waals surface area (Å²) in [6.45, 7) is 0.830. The summed E-state index contributed by atoms with van der Waals surface area (Å²) in [4.78, 5) is 22.3. The Hall–Kier alpha value is -2.27. The molecule has 1 saturated carbocycles. The Labute approximate surface area is 135 Å². The molecule has 1 spiro atoms. The highest BCUT2D eigenvalue weighted by Crippen LogP contribution is 2.51. The number of carbonyl (C=O) groups is 1. The third-order valence-electron chi connectivity index (χ3n) is 5.25. The molecule has 1 aliphatic heterocycles. The van der Waals surface area contributed by atoms with E-state index in [1.807, 2.05) is 23.4 Å². The van der Waals surface area contributed by atoms with Gasteiger partial charge >= 0.3 is 0 Å². The quantitative estimate of drug-likeness (QED) is 0.923. The van der Waals surface area contributed by atoms with Crippen LogP contribution in [-0.2, 0) is 10.2 Å². The molecule has 1 amide bonds. The molecule has 4 rings (SSSR count). The number of hydrogen-bond donors (Lipinski definition) is 1. The molecule has 118 valence electrons. The minimum absolute atomic E-state index is 0.00539. The molecule has 5 nitrogen and oxygen atoms in total. The topological polar surface area (TPSA) is 72.1 Å². The lowest BCUT2D eigenvalue weighted by Gasteiger charge is -2.24. The smallest absolute Gasteiger partial charge is 0.240 e. The Bertz CT molecular complexity index is 738. The van der Waals surface area contributed by atoms with E-state index in [-0.39, 0.29) is 17.9 Å². The molecule has 1 aromatic heterocycles. The molecule has 2 aromatic rings. The van der Waals surface area contributed by atoms with Gasteiger partial charge in [-0.3, -0.25) is 4.79 Å². The molecule has 5 heteroatoms. The molecule has 2 N–H and O–H groups in total. The highest BCUT2D eigenvalue weighted by atomic mass is 16.2. The van der Waals surface area contributed by atoms with Crippen molar-refractivity contribution in [3.05, 3.63) is 42.5 Å². The van der Waals surface area contributed by atoms with Crippen LogP contribution in [0.3, 0.4) is 0 Å². The molecule has 1 aromatic carbocycles. The fraction of sp³-hybridized carbons (Fsp3) is 0.389. The molecular weight excluding hydrogens is 288 g/mol. The number of hydrogen-bond acceptors (Lipinski definition) is 4. The summed E-state index contributed by atoms with van der Waals surface area (Å²) in [5, 5.41) is 0. The largest absolute Gasteiger partial charge is 0.322 e. The van der Waals surface area contributed by atoms with Crippen molar-refractivity contribution in [1.29, 1.82) is 0 Å². The minimum Gasteiger partial charge on any atom is -0.322 e. The van der Waals surface area contributed by atoms with Gasteiger partial charge in [0, 0.05) is 35.6 Å². The summed E-state index contributed by atoms with van der Waals surface area (Å²) in [7, 11) is 0. The number of aromatic nitrogens is 2. The van der Waals surface area contributed by atoms with Gasteiger partial charge in [-0.25, -0.2) is 9.97 Å². The first-order valence-electron chi connectivity index (χ1n) is 8.14. The van der Waals surface area contributed by atoms with E-state index in [4.69, 9.17) is 5.73 Å². The number of nitrogens with zero attached hydrogens (tertiary/aromatic N) is 3. The van der Waals surface area contributed by atoms with Crippen LogP contribution in [0.15, 0.2) is 36.9 Å². The number of benzene rings is 1. The van der Waals surface area contributed by atoms with Crippen LogP contribution in [-0.4, -0.2) is 29.0 Å². The Kier molecular flexibility index (Phi) is 3.38. The lowest BCUT2D eigenvalue weighted by molar-refractivity contribution is -0.117. The van der Waals surface area contributed by atoms with Crippen LogP contribution in [0.5, 0.6) is 0 Å². The number of amides is 1. The second kappa shape index (κ2) is 5.42. The number of carbonyl (C=O) groups excluding carboxylic acids is 1. The SMILES string of the molecule is NCC(=O)N1CC2(CCCC2)c2cc(-c3cncnc3)ccc21. The molecule has 0 bridgehead atoms. The molecule has 2 aliphatic rings. The van der Waals surface area contributed by atoms with Gasteiger partial charge in [0.2, 0.25) is 5.91 Å². The van der Waals surface area contributed by atoms with Crippen molar-refractivity contribution in [3.63, 3.8) is 0 Å². The van der Waals surface area contributed by atoms with Crippen LogP contribution < -0.4 is 10.6 Å². The van der Waals surface area contributed by atoms with Gasteiger partial charge in [0.15, 0.2) is 0 Å². The predicted octanol–water partition coefficient (Wildman–Crippen LogP) is 2.26. The van der Waals surface area contributed by atoms with Gasteiger partial charge in [-0.05, 0) is 36.1 Å². The van der Waals surface area contributed by atoms with Gasteiger partial charge in [0.25, 0.3) is 0 Å². The molecule has 23 heavy (non-hydrogen) atoms. The Morgan fingerprint density at radius 2 is 1.91 bits per heavy atom. The Balaban J connectivity index is 1.83. The summed E-state index contributed by atoms with van der Waals surface area (Å²) in [6, 6.07) is 6.32. The highest BCUT2D eigenvalue weighted by Gasteiger charge is 2.46. The van der Waals surface area contributed by atoms with Crippen molar-refractivity contribution in [1.82, 2.24) is 9.97 Å². The van der Waals surface area contributed by atoms with Crippen LogP contribution in [0.2, 0.25) is 0 Å². The number of fused-ring (bicyclic) bond motifs is 2. The zero-order chi connectivity index (χ0) is 15.9. The van der Waals surface area contributed by atoms with E-state index < -0.39 is 0 Å². The fourth-order valence-corrected chi connectivity index (χ4v) is 4.11. The fourth-order valence-electron chi connectivity index (χ4n) is 4.11. The van der Waals surface area contributed by atoms with Gasteiger partial charge in [0.1, 0.15) is 6.33 Å². The van der Waals surface area contributed by atoms with Crippen LogP contribution in [0, 0.1) is 0 Å². The second-order valence-electron chi connectivity index (χ2n) is 6.53. The molecule has 0 saturated heterocycles. The average molecular weight is 308 g/mol. The number of rotatable bonds is 2. The molecule has 0 atom stereocenters. The minimum atomic E-state index is 0.00539. The van der Waals surface area contributed by atoms with Crippen molar-refractivity contribution in [2.75, 3.05) is 18.0 Å². The third kappa shape index (κ3) is 2.23. The predicted molar refractivity (Wildman–Crippen MR) is 89.0 cm³/mol. The first kappa shape index (κ1) is 14.3. The summed E-state index contributed by atoms with van der Waals surface area (Å²) in [5.74, 6) is 0.00539. The van der Waals surface area contributed by atoms with Crippen LogP contribution >= 0.6 is 0 Å². The Morgan fingerprint density at radius 3 is 2.61 bits per heavy atom. The van der Waals surface area contributed by atoms with Crippen molar-refractivity contribution in [2.24, 2.45) is 5.73 Å². The zero-order valence-electron chi connectivity index (χ0n) is 13.0. The van der Waals surface area contributed by atoms with Crippen molar-refractivity contribution >= 4 is 11.6 Å². The summed E-state index contributed by atoms with van der Waals surface area (Å²) >= 11 is 0. The zero-order valence-corrected chi connectivity index (χ0v) is 13.0. The van der Waals surface area contributed by atoms with E-state index in [0.717, 1.165) is 36.2 Å². The molecule has 1 aliphatic carbocycles. The molecule has 1 fully saturated rings. The van der Waals surface area contributed by atoms with Crippen molar-refractivity contribution < 1.29 is 4.79 Å². The maximum absolute atomic E-state index is 12.3. The van der Waals surface area contributed by atoms with Crippen LogP contribution in [0.25, 0.3) is 11.1 Å². The standard InChI is InChI=1S/C18H20N4O/c19-8-17(23)22-11-18(5-1-2-6-18)15-7-13(3-4-16(15)22)14-9-20-12-21-10-14/h3-4,7,9-10,12H,1-2,5-6,8,11,19H2. The van der Waals surface area contributed by atoms with E-state index in [1.165, 1.54) is 24.7 Å². The number of anilines is 1. The highest BCUT2D eigenvalue weighted by molar-refractivity contribution is 5.98. The monoisotopic (exact) mass is 308 g/mol. The van der Waals surface area contributed by atoms with Crippen molar-refractivity contribution in [3.8, 4) is 11.1 Å². The molecule has 2 heterocycles. The lowest BCUT2D eigenvalue weighted by atomic mass is 9.80.